The van der Waals surface area contributed by atoms with Crippen molar-refractivity contribution in [1.29, 1.82) is 0 Å². The number of nitrogens with zero attached hydrogens (tertiary/aromatic N) is 2. The van der Waals surface area contributed by atoms with Gasteiger partial charge in [0.15, 0.2) is 0 Å². The zero-order valence-electron chi connectivity index (χ0n) is 11.1. The van der Waals surface area contributed by atoms with Gasteiger partial charge >= 0.3 is 0 Å². The van der Waals surface area contributed by atoms with Crippen LogP contribution in [-0.4, -0.2) is 61.5 Å². The summed E-state index contributed by atoms with van der Waals surface area (Å²) >= 11 is 0. The van der Waals surface area contributed by atoms with E-state index in [9.17, 15) is 4.79 Å². The normalized spacial score (nSPS) is 28.0. The minimum absolute atomic E-state index is 0.0943. The van der Waals surface area contributed by atoms with Crippen LogP contribution in [0.5, 0.6) is 0 Å². The van der Waals surface area contributed by atoms with E-state index >= 15 is 0 Å². The lowest BCUT2D eigenvalue weighted by atomic mass is 10.1. The molecule has 1 atom stereocenters. The van der Waals surface area contributed by atoms with E-state index < -0.39 is 0 Å². The molecular formula is C13H25N3O. The monoisotopic (exact) mass is 239 g/mol. The highest BCUT2D eigenvalue weighted by Crippen LogP contribution is 2.26. The van der Waals surface area contributed by atoms with Gasteiger partial charge in [-0.2, -0.15) is 0 Å². The number of nitrogens with one attached hydrogen (secondary N) is 1. The van der Waals surface area contributed by atoms with E-state index in [1.165, 1.54) is 25.7 Å². The van der Waals surface area contributed by atoms with Gasteiger partial charge in [0.1, 0.15) is 0 Å². The first kappa shape index (κ1) is 12.8. The largest absolute Gasteiger partial charge is 0.337 e. The Bertz CT molecular complexity index is 263. The summed E-state index contributed by atoms with van der Waals surface area (Å²) < 4.78 is 0. The van der Waals surface area contributed by atoms with Crippen LogP contribution < -0.4 is 5.32 Å². The Morgan fingerprint density at radius 2 is 2.00 bits per heavy atom. The molecule has 0 aromatic rings. The third kappa shape index (κ3) is 2.80. The zero-order valence-corrected chi connectivity index (χ0v) is 11.1. The second kappa shape index (κ2) is 5.83. The Morgan fingerprint density at radius 3 is 2.65 bits per heavy atom. The number of carbonyl (C=O) groups excluding carboxylic acids is 1. The molecule has 98 valence electrons. The summed E-state index contributed by atoms with van der Waals surface area (Å²) in [5.74, 6) is 0.362. The van der Waals surface area contributed by atoms with Gasteiger partial charge in [0.05, 0.1) is 6.04 Å². The number of carbonyl (C=O) groups is 1. The van der Waals surface area contributed by atoms with Crippen molar-refractivity contribution in [3.63, 3.8) is 0 Å². The molecule has 17 heavy (non-hydrogen) atoms. The molecule has 1 aliphatic carbocycles. The first-order chi connectivity index (χ1) is 8.24. The standard InChI is InChI=1S/C13H25N3O/c1-14-8-7-12-13(17)16(10-9-15(12)2)11-5-3-4-6-11/h11-12,14H,3-10H2,1-2H3. The van der Waals surface area contributed by atoms with E-state index in [0.29, 0.717) is 11.9 Å². The molecule has 4 nitrogen and oxygen atoms in total. The lowest BCUT2D eigenvalue weighted by Crippen LogP contribution is -2.58. The maximum atomic E-state index is 12.5. The van der Waals surface area contributed by atoms with Crippen LogP contribution in [0.4, 0.5) is 0 Å². The third-order valence-electron chi connectivity index (χ3n) is 4.23. The van der Waals surface area contributed by atoms with Crippen molar-refractivity contribution in [2.24, 2.45) is 0 Å². The molecule has 0 radical (unpaired) electrons. The molecule has 0 spiro atoms. The van der Waals surface area contributed by atoms with Gasteiger partial charge in [-0.15, -0.1) is 0 Å². The number of likely N-dealkylation sites (N-methyl/N-ethyl adjacent to an activating group) is 1. The van der Waals surface area contributed by atoms with Gasteiger partial charge in [-0.25, -0.2) is 0 Å². The molecule has 0 bridgehead atoms. The Labute approximate surface area is 104 Å². The van der Waals surface area contributed by atoms with Gasteiger partial charge in [0.2, 0.25) is 5.91 Å². The molecule has 1 amide bonds. The molecule has 1 saturated carbocycles. The maximum absolute atomic E-state index is 12.5. The van der Waals surface area contributed by atoms with Crippen LogP contribution in [0.1, 0.15) is 32.1 Å². The van der Waals surface area contributed by atoms with E-state index in [0.717, 1.165) is 26.1 Å². The average Bonchev–Trinajstić information content (AvgIpc) is 2.82. The lowest BCUT2D eigenvalue weighted by molar-refractivity contribution is -0.143. The zero-order chi connectivity index (χ0) is 12.3. The minimum Gasteiger partial charge on any atom is -0.337 e. The first-order valence-corrected chi connectivity index (χ1v) is 6.89. The van der Waals surface area contributed by atoms with Crippen molar-refractivity contribution < 1.29 is 4.79 Å². The highest BCUT2D eigenvalue weighted by Gasteiger charge is 2.36. The molecule has 2 fully saturated rings. The van der Waals surface area contributed by atoms with Gasteiger partial charge in [-0.05, 0) is 39.9 Å². The van der Waals surface area contributed by atoms with Crippen molar-refractivity contribution in [3.8, 4) is 0 Å². The van der Waals surface area contributed by atoms with E-state index in [-0.39, 0.29) is 6.04 Å². The van der Waals surface area contributed by atoms with Crippen LogP contribution in [0, 0.1) is 0 Å². The second-order valence-corrected chi connectivity index (χ2v) is 5.36. The van der Waals surface area contributed by atoms with Gasteiger partial charge < -0.3 is 10.2 Å². The number of amides is 1. The van der Waals surface area contributed by atoms with Gasteiger partial charge in [0.25, 0.3) is 0 Å². The van der Waals surface area contributed by atoms with Crippen LogP contribution in [0.2, 0.25) is 0 Å². The van der Waals surface area contributed by atoms with Crippen molar-refractivity contribution in [3.05, 3.63) is 0 Å². The van der Waals surface area contributed by atoms with Crippen LogP contribution in [0.3, 0.4) is 0 Å². The van der Waals surface area contributed by atoms with Crippen molar-refractivity contribution in [2.75, 3.05) is 33.7 Å². The fourth-order valence-electron chi connectivity index (χ4n) is 3.11. The highest BCUT2D eigenvalue weighted by molar-refractivity contribution is 5.83. The van der Waals surface area contributed by atoms with Gasteiger partial charge in [-0.1, -0.05) is 12.8 Å². The fraction of sp³-hybridized carbons (Fsp3) is 0.923. The summed E-state index contributed by atoms with van der Waals surface area (Å²) in [4.78, 5) is 16.9. The van der Waals surface area contributed by atoms with E-state index in [2.05, 4.69) is 22.2 Å². The Balaban J connectivity index is 1.97. The summed E-state index contributed by atoms with van der Waals surface area (Å²) in [5.41, 5.74) is 0. The van der Waals surface area contributed by atoms with E-state index in [1.807, 2.05) is 7.05 Å². The first-order valence-electron chi connectivity index (χ1n) is 6.89. The molecule has 0 aromatic carbocycles. The molecule has 1 heterocycles. The Kier molecular flexibility index (Phi) is 4.40. The maximum Gasteiger partial charge on any atom is 0.240 e. The average molecular weight is 239 g/mol. The van der Waals surface area contributed by atoms with Crippen molar-refractivity contribution in [1.82, 2.24) is 15.1 Å². The third-order valence-corrected chi connectivity index (χ3v) is 4.23. The Hall–Kier alpha value is -0.610. The van der Waals surface area contributed by atoms with Crippen molar-refractivity contribution >= 4 is 5.91 Å². The molecule has 0 aromatic heterocycles. The smallest absolute Gasteiger partial charge is 0.240 e. The van der Waals surface area contributed by atoms with E-state index in [1.54, 1.807) is 0 Å². The summed E-state index contributed by atoms with van der Waals surface area (Å²) in [6, 6.07) is 0.630. The van der Waals surface area contributed by atoms with Crippen LogP contribution in [0.15, 0.2) is 0 Å². The summed E-state index contributed by atoms with van der Waals surface area (Å²) in [6.45, 7) is 2.87. The number of hydrogen-bond acceptors (Lipinski definition) is 3. The fourth-order valence-corrected chi connectivity index (χ4v) is 3.11. The quantitative estimate of drug-likeness (QED) is 0.784. The highest BCUT2D eigenvalue weighted by atomic mass is 16.2. The molecule has 1 saturated heterocycles. The van der Waals surface area contributed by atoms with Crippen molar-refractivity contribution in [2.45, 2.75) is 44.2 Å². The molecule has 2 rings (SSSR count). The minimum atomic E-state index is 0.0943. The number of hydrogen-bond donors (Lipinski definition) is 1. The van der Waals surface area contributed by atoms with Crippen LogP contribution >= 0.6 is 0 Å². The summed E-state index contributed by atoms with van der Waals surface area (Å²) in [6.07, 6.45) is 5.95. The molecule has 4 heteroatoms. The lowest BCUT2D eigenvalue weighted by Gasteiger charge is -2.41. The molecular weight excluding hydrogens is 214 g/mol. The predicted octanol–water partition coefficient (Wildman–Crippen LogP) is 0.681. The Morgan fingerprint density at radius 1 is 1.29 bits per heavy atom. The molecule has 1 unspecified atom stereocenters. The summed E-state index contributed by atoms with van der Waals surface area (Å²) in [5, 5.41) is 3.14. The van der Waals surface area contributed by atoms with Gasteiger partial charge in [0, 0.05) is 19.1 Å². The van der Waals surface area contributed by atoms with Gasteiger partial charge in [-0.3, -0.25) is 9.69 Å². The topological polar surface area (TPSA) is 35.6 Å². The molecule has 1 aliphatic heterocycles. The number of piperazine rings is 1. The summed E-state index contributed by atoms with van der Waals surface area (Å²) in [7, 11) is 4.02. The molecule has 2 aliphatic rings. The SMILES string of the molecule is CNCCC1C(=O)N(C2CCCC2)CCN1C. The predicted molar refractivity (Wildman–Crippen MR) is 68.9 cm³/mol. The number of rotatable bonds is 4. The van der Waals surface area contributed by atoms with Crippen LogP contribution in [-0.2, 0) is 4.79 Å². The second-order valence-electron chi connectivity index (χ2n) is 5.36. The van der Waals surface area contributed by atoms with Crippen LogP contribution in [0.25, 0.3) is 0 Å². The molecule has 1 N–H and O–H groups in total. The van der Waals surface area contributed by atoms with E-state index in [4.69, 9.17) is 0 Å².